The second-order valence-corrected chi connectivity index (χ2v) is 4.33. The standard InChI is InChI=1S/C12H18N4O2/c1-13-9-4-3-5-16(8-9)11-7-14-6-10(15-11)12(17)18-2/h6-7,9,13H,3-5,8H2,1-2H3. The summed E-state index contributed by atoms with van der Waals surface area (Å²) in [4.78, 5) is 21.9. The second kappa shape index (κ2) is 5.77. The van der Waals surface area contributed by atoms with Crippen LogP contribution < -0.4 is 10.2 Å². The van der Waals surface area contributed by atoms with Crippen LogP contribution in [0.4, 0.5) is 5.82 Å². The van der Waals surface area contributed by atoms with Crippen LogP contribution in [0.2, 0.25) is 0 Å². The van der Waals surface area contributed by atoms with Gasteiger partial charge in [-0.1, -0.05) is 0 Å². The van der Waals surface area contributed by atoms with Crippen molar-refractivity contribution in [3.05, 3.63) is 18.1 Å². The molecule has 1 aromatic heterocycles. The van der Waals surface area contributed by atoms with Crippen molar-refractivity contribution >= 4 is 11.8 Å². The molecule has 2 rings (SSSR count). The van der Waals surface area contributed by atoms with Crippen LogP contribution in [-0.4, -0.2) is 49.2 Å². The average molecular weight is 250 g/mol. The Bertz CT molecular complexity index is 424. The highest BCUT2D eigenvalue weighted by Gasteiger charge is 2.20. The lowest BCUT2D eigenvalue weighted by molar-refractivity contribution is 0.0593. The van der Waals surface area contributed by atoms with E-state index in [1.165, 1.54) is 13.3 Å². The molecule has 1 aliphatic rings. The van der Waals surface area contributed by atoms with Gasteiger partial charge < -0.3 is 15.0 Å². The molecule has 0 aromatic carbocycles. The van der Waals surface area contributed by atoms with Gasteiger partial charge in [0.05, 0.1) is 19.5 Å². The number of esters is 1. The van der Waals surface area contributed by atoms with Gasteiger partial charge in [-0.15, -0.1) is 0 Å². The summed E-state index contributed by atoms with van der Waals surface area (Å²) in [7, 11) is 3.30. The third-order valence-corrected chi connectivity index (χ3v) is 3.17. The van der Waals surface area contributed by atoms with Crippen LogP contribution in [0.1, 0.15) is 23.3 Å². The highest BCUT2D eigenvalue weighted by atomic mass is 16.5. The number of methoxy groups -OCH3 is 1. The molecule has 1 aliphatic heterocycles. The molecule has 6 heteroatoms. The third-order valence-electron chi connectivity index (χ3n) is 3.17. The van der Waals surface area contributed by atoms with Crippen molar-refractivity contribution in [3.8, 4) is 0 Å². The third kappa shape index (κ3) is 2.76. The predicted octanol–water partition coefficient (Wildman–Crippen LogP) is 0.451. The van der Waals surface area contributed by atoms with Crippen LogP contribution in [0.15, 0.2) is 12.4 Å². The first kappa shape index (κ1) is 12.8. The highest BCUT2D eigenvalue weighted by molar-refractivity contribution is 5.87. The molecule has 1 atom stereocenters. The van der Waals surface area contributed by atoms with Crippen molar-refractivity contribution < 1.29 is 9.53 Å². The zero-order chi connectivity index (χ0) is 13.0. The van der Waals surface area contributed by atoms with Crippen LogP contribution in [0.25, 0.3) is 0 Å². The molecule has 18 heavy (non-hydrogen) atoms. The quantitative estimate of drug-likeness (QED) is 0.786. The minimum atomic E-state index is -0.452. The molecule has 0 spiro atoms. The predicted molar refractivity (Wildman–Crippen MR) is 67.7 cm³/mol. The maximum absolute atomic E-state index is 11.4. The molecule has 0 aliphatic carbocycles. The fraction of sp³-hybridized carbons (Fsp3) is 0.583. The SMILES string of the molecule is CNC1CCCN(c2cncc(C(=O)OC)n2)C1. The van der Waals surface area contributed by atoms with Gasteiger partial charge in [0, 0.05) is 19.1 Å². The fourth-order valence-corrected chi connectivity index (χ4v) is 2.13. The number of anilines is 1. The van der Waals surface area contributed by atoms with Crippen LogP contribution >= 0.6 is 0 Å². The second-order valence-electron chi connectivity index (χ2n) is 4.33. The number of rotatable bonds is 3. The summed E-state index contributed by atoms with van der Waals surface area (Å²) in [6, 6.07) is 0.460. The minimum absolute atomic E-state index is 0.251. The zero-order valence-electron chi connectivity index (χ0n) is 10.7. The van der Waals surface area contributed by atoms with E-state index in [4.69, 9.17) is 0 Å². The van der Waals surface area contributed by atoms with E-state index in [0.717, 1.165) is 31.7 Å². The first-order valence-corrected chi connectivity index (χ1v) is 6.07. The van der Waals surface area contributed by atoms with Gasteiger partial charge in [-0.3, -0.25) is 4.98 Å². The smallest absolute Gasteiger partial charge is 0.358 e. The van der Waals surface area contributed by atoms with E-state index in [1.807, 2.05) is 7.05 Å². The molecular formula is C12H18N4O2. The van der Waals surface area contributed by atoms with Gasteiger partial charge >= 0.3 is 5.97 Å². The topological polar surface area (TPSA) is 67.4 Å². The Morgan fingerprint density at radius 3 is 3.11 bits per heavy atom. The molecule has 98 valence electrons. The summed E-state index contributed by atoms with van der Waals surface area (Å²) < 4.78 is 4.65. The molecule has 1 unspecified atom stereocenters. The number of carbonyl (C=O) groups excluding carboxylic acids is 1. The number of likely N-dealkylation sites (N-methyl/N-ethyl adjacent to an activating group) is 1. The number of ether oxygens (including phenoxy) is 1. The zero-order valence-corrected chi connectivity index (χ0v) is 10.7. The van der Waals surface area contributed by atoms with Crippen LogP contribution in [-0.2, 0) is 4.74 Å². The van der Waals surface area contributed by atoms with Crippen LogP contribution in [0.3, 0.4) is 0 Å². The monoisotopic (exact) mass is 250 g/mol. The Labute approximate surface area is 106 Å². The number of hydrogen-bond donors (Lipinski definition) is 1. The van der Waals surface area contributed by atoms with Crippen molar-refractivity contribution in [1.82, 2.24) is 15.3 Å². The minimum Gasteiger partial charge on any atom is -0.464 e. The van der Waals surface area contributed by atoms with Gasteiger partial charge in [-0.2, -0.15) is 0 Å². The Balaban J connectivity index is 2.15. The molecule has 1 fully saturated rings. The molecule has 0 saturated carbocycles. The first-order chi connectivity index (χ1) is 8.74. The molecule has 1 N–H and O–H groups in total. The average Bonchev–Trinajstić information content (AvgIpc) is 2.46. The Hall–Kier alpha value is -1.69. The van der Waals surface area contributed by atoms with Gasteiger partial charge in [-0.05, 0) is 19.9 Å². The number of nitrogens with zero attached hydrogens (tertiary/aromatic N) is 3. The lowest BCUT2D eigenvalue weighted by atomic mass is 10.1. The number of piperidine rings is 1. The number of nitrogens with one attached hydrogen (secondary N) is 1. The summed E-state index contributed by atoms with van der Waals surface area (Å²) in [6.07, 6.45) is 5.38. The summed E-state index contributed by atoms with van der Waals surface area (Å²) in [5.41, 5.74) is 0.251. The van der Waals surface area contributed by atoms with Crippen molar-refractivity contribution in [1.29, 1.82) is 0 Å². The summed E-state index contributed by atoms with van der Waals surface area (Å²) in [5, 5.41) is 3.27. The van der Waals surface area contributed by atoms with Crippen LogP contribution in [0.5, 0.6) is 0 Å². The van der Waals surface area contributed by atoms with Crippen molar-refractivity contribution in [2.75, 3.05) is 32.1 Å². The molecule has 1 aromatic rings. The lowest BCUT2D eigenvalue weighted by Gasteiger charge is -2.33. The molecule has 0 bridgehead atoms. The number of carbonyl (C=O) groups is 1. The normalized spacial score (nSPS) is 19.7. The Kier molecular flexibility index (Phi) is 4.09. The Morgan fingerprint density at radius 2 is 2.39 bits per heavy atom. The van der Waals surface area contributed by atoms with E-state index in [1.54, 1.807) is 6.20 Å². The molecule has 1 saturated heterocycles. The van der Waals surface area contributed by atoms with E-state index < -0.39 is 5.97 Å². The van der Waals surface area contributed by atoms with E-state index >= 15 is 0 Å². The van der Waals surface area contributed by atoms with Gasteiger partial charge in [-0.25, -0.2) is 9.78 Å². The number of aromatic nitrogens is 2. The molecule has 0 radical (unpaired) electrons. The maximum Gasteiger partial charge on any atom is 0.358 e. The lowest BCUT2D eigenvalue weighted by Crippen LogP contribution is -2.44. The first-order valence-electron chi connectivity index (χ1n) is 6.07. The van der Waals surface area contributed by atoms with Gasteiger partial charge in [0.1, 0.15) is 5.82 Å². The van der Waals surface area contributed by atoms with Crippen molar-refractivity contribution in [3.63, 3.8) is 0 Å². The fourth-order valence-electron chi connectivity index (χ4n) is 2.13. The molecule has 6 nitrogen and oxygen atoms in total. The van der Waals surface area contributed by atoms with Gasteiger partial charge in [0.25, 0.3) is 0 Å². The number of hydrogen-bond acceptors (Lipinski definition) is 6. The van der Waals surface area contributed by atoms with Crippen molar-refractivity contribution in [2.45, 2.75) is 18.9 Å². The largest absolute Gasteiger partial charge is 0.464 e. The van der Waals surface area contributed by atoms with Gasteiger partial charge in [0.2, 0.25) is 0 Å². The Morgan fingerprint density at radius 1 is 1.56 bits per heavy atom. The van der Waals surface area contributed by atoms with Gasteiger partial charge in [0.15, 0.2) is 5.69 Å². The maximum atomic E-state index is 11.4. The van der Waals surface area contributed by atoms with E-state index in [0.29, 0.717) is 6.04 Å². The van der Waals surface area contributed by atoms with Crippen LogP contribution in [0, 0.1) is 0 Å². The van der Waals surface area contributed by atoms with E-state index in [2.05, 4.69) is 24.9 Å². The summed E-state index contributed by atoms with van der Waals surface area (Å²) >= 11 is 0. The van der Waals surface area contributed by atoms with Crippen molar-refractivity contribution in [2.24, 2.45) is 0 Å². The summed E-state index contributed by atoms with van der Waals surface area (Å²) in [6.45, 7) is 1.83. The molecule has 2 heterocycles. The summed E-state index contributed by atoms with van der Waals surface area (Å²) in [5.74, 6) is 0.282. The van der Waals surface area contributed by atoms with E-state index in [9.17, 15) is 4.79 Å². The highest BCUT2D eigenvalue weighted by Crippen LogP contribution is 2.17. The van der Waals surface area contributed by atoms with E-state index in [-0.39, 0.29) is 5.69 Å². The molecule has 0 amide bonds. The molecular weight excluding hydrogens is 232 g/mol.